The van der Waals surface area contributed by atoms with E-state index >= 15 is 0 Å². The fourth-order valence-corrected chi connectivity index (χ4v) is 3.74. The van der Waals surface area contributed by atoms with Gasteiger partial charge < -0.3 is 0 Å². The van der Waals surface area contributed by atoms with Crippen molar-refractivity contribution in [2.75, 3.05) is 0 Å². The maximum absolute atomic E-state index is 2.54. The first-order chi connectivity index (χ1) is 6.16. The van der Waals surface area contributed by atoms with Gasteiger partial charge in [-0.15, -0.1) is 0 Å². The van der Waals surface area contributed by atoms with Gasteiger partial charge in [0.15, 0.2) is 0 Å². The Hall–Kier alpha value is 0.420. The van der Waals surface area contributed by atoms with Crippen LogP contribution in [-0.4, -0.2) is 0 Å². The number of halogens is 2. The molecule has 0 saturated carbocycles. The van der Waals surface area contributed by atoms with E-state index in [9.17, 15) is 0 Å². The monoisotopic (exact) mass is 396 g/mol. The Labute approximate surface area is 106 Å². The van der Waals surface area contributed by atoms with Gasteiger partial charge in [0.25, 0.3) is 0 Å². The lowest BCUT2D eigenvalue weighted by Crippen LogP contribution is -2.07. The summed E-state index contributed by atoms with van der Waals surface area (Å²) in [6, 6.07) is 8.66. The number of hydrogen-bond acceptors (Lipinski definition) is 0. The van der Waals surface area contributed by atoms with Crippen molar-refractivity contribution in [3.8, 4) is 0 Å². The van der Waals surface area contributed by atoms with Gasteiger partial charge >= 0.3 is 0 Å². The molecule has 1 aromatic carbocycles. The molecule has 0 heterocycles. The average molecular weight is 396 g/mol. The maximum atomic E-state index is 2.54. The Morgan fingerprint density at radius 3 is 2.54 bits per heavy atom. The second-order valence-electron chi connectivity index (χ2n) is 3.18. The summed E-state index contributed by atoms with van der Waals surface area (Å²) in [7, 11) is 0. The Bertz CT molecular complexity index is 364. The summed E-state index contributed by atoms with van der Waals surface area (Å²) in [5.74, 6) is 0. The van der Waals surface area contributed by atoms with E-state index in [1.54, 1.807) is 0 Å². The molecule has 0 amide bonds. The van der Waals surface area contributed by atoms with Crippen LogP contribution in [0.4, 0.5) is 0 Å². The van der Waals surface area contributed by atoms with Crippen molar-refractivity contribution in [3.63, 3.8) is 0 Å². The van der Waals surface area contributed by atoms with Crippen LogP contribution in [-0.2, 0) is 1.43 Å². The van der Waals surface area contributed by atoms with Gasteiger partial charge in [0, 0.05) is 0 Å². The Morgan fingerprint density at radius 2 is 1.92 bits per heavy atom. The number of fused-ring (bicyclic) bond motifs is 1. The molecule has 1 aliphatic rings. The molecule has 2 rings (SSSR count). The van der Waals surface area contributed by atoms with Gasteiger partial charge in [-0.1, -0.05) is 82.4 Å². The number of hydrogen-bond donors (Lipinski definition) is 0. The first kappa shape index (κ1) is 9.96. The lowest BCUT2D eigenvalue weighted by Gasteiger charge is -2.19. The van der Waals surface area contributed by atoms with Crippen molar-refractivity contribution in [2.45, 2.75) is 14.8 Å². The predicted molar refractivity (Wildman–Crippen MR) is 74.4 cm³/mol. The molecule has 0 nitrogen and oxygen atoms in total. The zero-order valence-corrected chi connectivity index (χ0v) is 11.7. The highest BCUT2D eigenvalue weighted by Crippen LogP contribution is 2.53. The number of alkyl halides is 2. The third-order valence-electron chi connectivity index (χ3n) is 2.41. The highest BCUT2D eigenvalue weighted by atomic mass is 127. The van der Waals surface area contributed by atoms with E-state index in [0.29, 0.717) is 0 Å². The van der Waals surface area contributed by atoms with Gasteiger partial charge in [-0.25, -0.2) is 0 Å². The molecule has 0 aromatic heterocycles. The van der Waals surface area contributed by atoms with Gasteiger partial charge in [-0.3, -0.25) is 0 Å². The van der Waals surface area contributed by atoms with Gasteiger partial charge in [0.2, 0.25) is 0 Å². The molecule has 68 valence electrons. The van der Waals surface area contributed by atoms with Crippen LogP contribution in [0.2, 0.25) is 0 Å². The first-order valence-electron chi connectivity index (χ1n) is 4.34. The van der Waals surface area contributed by atoms with E-state index in [1.807, 2.05) is 0 Å². The minimum Gasteiger partial charge on any atom is -0.0619 e. The van der Waals surface area contributed by atoms with Crippen LogP contribution < -0.4 is 0 Å². The molecule has 0 spiro atoms. The van der Waals surface area contributed by atoms with E-state index in [-0.39, 0.29) is 1.43 Å². The molecular weight excluding hydrogens is 386 g/mol. The van der Waals surface area contributed by atoms with E-state index in [4.69, 9.17) is 0 Å². The summed E-state index contributed by atoms with van der Waals surface area (Å²) in [6.07, 6.45) is 3.47. The smallest absolute Gasteiger partial charge is 0.0619 e. The fourth-order valence-electron chi connectivity index (χ4n) is 1.68. The molecule has 1 aliphatic carbocycles. The van der Waals surface area contributed by atoms with Crippen LogP contribution in [0.15, 0.2) is 29.8 Å². The summed E-state index contributed by atoms with van der Waals surface area (Å²) in [5, 5.41) is 0. The summed E-state index contributed by atoms with van der Waals surface area (Å²) in [6.45, 7) is 2.23. The largest absolute Gasteiger partial charge is 0.120 e. The van der Waals surface area contributed by atoms with Crippen LogP contribution in [0, 0.1) is 0 Å². The molecule has 0 fully saturated rings. The zero-order chi connectivity index (χ0) is 9.47. The standard InChI is InChI=1S/C11H10I2/c1-2-9-7-8-5-3-4-6-10(8)11(9,12)13/h3-7H,2H2,1H3. The normalized spacial score (nSPS) is 18.2. The third-order valence-corrected chi connectivity index (χ3v) is 4.96. The molecule has 0 radical (unpaired) electrons. The molecule has 0 aliphatic heterocycles. The predicted octanol–water partition coefficient (Wildman–Crippen LogP) is 4.52. The minimum absolute atomic E-state index is 0.195. The summed E-state index contributed by atoms with van der Waals surface area (Å²) >= 11 is 5.08. The Kier molecular flexibility index (Phi) is 2.70. The lowest BCUT2D eigenvalue weighted by atomic mass is 10.1. The second-order valence-corrected chi connectivity index (χ2v) is 8.49. The second kappa shape index (κ2) is 3.53. The average Bonchev–Trinajstić information content (AvgIpc) is 2.39. The van der Waals surface area contributed by atoms with Crippen LogP contribution in [0.5, 0.6) is 0 Å². The highest BCUT2D eigenvalue weighted by Gasteiger charge is 2.34. The zero-order valence-electron chi connectivity index (χ0n) is 7.35. The number of benzene rings is 1. The third kappa shape index (κ3) is 1.56. The van der Waals surface area contributed by atoms with Crippen molar-refractivity contribution < 1.29 is 0 Å². The number of allylic oxidation sites excluding steroid dienone is 1. The molecule has 0 N–H and O–H groups in total. The number of rotatable bonds is 1. The van der Waals surface area contributed by atoms with Crippen molar-refractivity contribution >= 4 is 51.3 Å². The van der Waals surface area contributed by atoms with Crippen molar-refractivity contribution in [3.05, 3.63) is 41.0 Å². The molecule has 2 heteroatoms. The Morgan fingerprint density at radius 1 is 1.23 bits per heavy atom. The van der Waals surface area contributed by atoms with Crippen LogP contribution in [0.3, 0.4) is 0 Å². The SMILES string of the molecule is CCC1=Cc2ccccc2C1(I)I. The molecule has 13 heavy (non-hydrogen) atoms. The van der Waals surface area contributed by atoms with Crippen LogP contribution in [0.1, 0.15) is 24.5 Å². The molecule has 1 aromatic rings. The van der Waals surface area contributed by atoms with E-state index in [1.165, 1.54) is 16.7 Å². The van der Waals surface area contributed by atoms with Crippen molar-refractivity contribution in [1.29, 1.82) is 0 Å². The van der Waals surface area contributed by atoms with Gasteiger partial charge in [-0.2, -0.15) is 0 Å². The molecule has 0 unspecified atom stereocenters. The van der Waals surface area contributed by atoms with E-state index < -0.39 is 0 Å². The van der Waals surface area contributed by atoms with Crippen molar-refractivity contribution in [1.82, 2.24) is 0 Å². The highest BCUT2D eigenvalue weighted by molar-refractivity contribution is 14.2. The minimum atomic E-state index is 0.195. The van der Waals surface area contributed by atoms with Crippen LogP contribution in [0.25, 0.3) is 6.08 Å². The molecule has 0 atom stereocenters. The molecular formula is C11H10I2. The quantitative estimate of drug-likeness (QED) is 0.484. The maximum Gasteiger partial charge on any atom is 0.120 e. The van der Waals surface area contributed by atoms with Gasteiger partial charge in [-0.05, 0) is 23.1 Å². The first-order valence-corrected chi connectivity index (χ1v) is 6.50. The van der Waals surface area contributed by atoms with Crippen molar-refractivity contribution in [2.24, 2.45) is 0 Å². The summed E-state index contributed by atoms with van der Waals surface area (Å²) in [4.78, 5) is 0. The molecule has 0 saturated heterocycles. The molecule has 0 bridgehead atoms. The fraction of sp³-hybridized carbons (Fsp3) is 0.273. The van der Waals surface area contributed by atoms with E-state index in [0.717, 1.165) is 6.42 Å². The van der Waals surface area contributed by atoms with E-state index in [2.05, 4.69) is 82.4 Å². The van der Waals surface area contributed by atoms with Gasteiger partial charge in [0.1, 0.15) is 1.43 Å². The van der Waals surface area contributed by atoms with Gasteiger partial charge in [0.05, 0.1) is 0 Å². The summed E-state index contributed by atoms with van der Waals surface area (Å²) < 4.78 is 0.195. The lowest BCUT2D eigenvalue weighted by molar-refractivity contribution is 1.02. The topological polar surface area (TPSA) is 0 Å². The summed E-state index contributed by atoms with van der Waals surface area (Å²) in [5.41, 5.74) is 4.37. The Balaban J connectivity index is 2.58. The van der Waals surface area contributed by atoms with Crippen LogP contribution >= 0.6 is 45.2 Å².